The molecule has 0 spiro atoms. The molecular weight excluding hydrogens is 416 g/mol. The van der Waals surface area contributed by atoms with Crippen LogP contribution in [0.5, 0.6) is 11.5 Å². The minimum atomic E-state index is -1.69. The van der Waals surface area contributed by atoms with Crippen molar-refractivity contribution in [2.45, 2.75) is 63.6 Å². The van der Waals surface area contributed by atoms with Crippen LogP contribution in [0.3, 0.4) is 0 Å². The molecule has 0 radical (unpaired) electrons. The summed E-state index contributed by atoms with van der Waals surface area (Å²) < 4.78 is 18.8. The minimum absolute atomic E-state index is 0.241. The lowest BCUT2D eigenvalue weighted by Gasteiger charge is -2.36. The Balaban J connectivity index is 2.75. The number of hydrogen-bond donors (Lipinski definition) is 0. The maximum Gasteiger partial charge on any atom is 0.192 e. The standard InChI is InChI=1S/C19H33BrO3SSi/c1-8-9-10-22-18-16(21-5)13-15(20)14-17(18)24-12-11-23-25(6,7)19(2,3)4/h13-14H,8-12H2,1-7H3. The first-order valence-electron chi connectivity index (χ1n) is 8.89. The zero-order chi connectivity index (χ0) is 19.1. The van der Waals surface area contributed by atoms with Crippen molar-refractivity contribution in [1.29, 1.82) is 0 Å². The molecule has 144 valence electrons. The summed E-state index contributed by atoms with van der Waals surface area (Å²) in [6.07, 6.45) is 2.15. The molecule has 25 heavy (non-hydrogen) atoms. The Morgan fingerprint density at radius 3 is 2.40 bits per heavy atom. The van der Waals surface area contributed by atoms with Gasteiger partial charge in [-0.3, -0.25) is 0 Å². The number of rotatable bonds is 10. The van der Waals surface area contributed by atoms with Crippen LogP contribution in [0.25, 0.3) is 0 Å². The molecule has 0 N–H and O–H groups in total. The molecule has 0 saturated carbocycles. The number of hydrogen-bond acceptors (Lipinski definition) is 4. The second-order valence-corrected chi connectivity index (χ2v) is 14.5. The van der Waals surface area contributed by atoms with Crippen molar-refractivity contribution in [3.05, 3.63) is 16.6 Å². The van der Waals surface area contributed by atoms with Crippen molar-refractivity contribution < 1.29 is 13.9 Å². The average molecular weight is 450 g/mol. The largest absolute Gasteiger partial charge is 0.493 e. The Morgan fingerprint density at radius 1 is 1.16 bits per heavy atom. The molecule has 1 aromatic carbocycles. The summed E-state index contributed by atoms with van der Waals surface area (Å²) in [6, 6.07) is 4.05. The molecule has 0 aromatic heterocycles. The fourth-order valence-corrected chi connectivity index (χ4v) is 4.60. The highest BCUT2D eigenvalue weighted by Gasteiger charge is 2.36. The predicted octanol–water partition coefficient (Wildman–Crippen LogP) is 6.75. The Morgan fingerprint density at radius 2 is 1.84 bits per heavy atom. The molecule has 0 amide bonds. The van der Waals surface area contributed by atoms with Gasteiger partial charge in [0.2, 0.25) is 0 Å². The van der Waals surface area contributed by atoms with Gasteiger partial charge >= 0.3 is 0 Å². The van der Waals surface area contributed by atoms with Crippen LogP contribution in [-0.4, -0.2) is 34.4 Å². The fourth-order valence-electron chi connectivity index (χ4n) is 1.93. The van der Waals surface area contributed by atoms with E-state index in [1.807, 2.05) is 6.07 Å². The van der Waals surface area contributed by atoms with E-state index in [0.717, 1.165) is 46.1 Å². The molecule has 0 aliphatic carbocycles. The van der Waals surface area contributed by atoms with Crippen LogP contribution < -0.4 is 9.47 Å². The quantitative estimate of drug-likeness (QED) is 0.224. The SMILES string of the molecule is CCCCOc1c(OC)cc(Br)cc1SCCO[Si](C)(C)C(C)(C)C. The number of halogens is 1. The number of methoxy groups -OCH3 is 1. The summed E-state index contributed by atoms with van der Waals surface area (Å²) in [5.41, 5.74) is 0. The minimum Gasteiger partial charge on any atom is -0.493 e. The van der Waals surface area contributed by atoms with Gasteiger partial charge < -0.3 is 13.9 Å². The van der Waals surface area contributed by atoms with Gasteiger partial charge in [-0.1, -0.05) is 50.0 Å². The van der Waals surface area contributed by atoms with E-state index in [-0.39, 0.29) is 5.04 Å². The van der Waals surface area contributed by atoms with E-state index in [1.54, 1.807) is 18.9 Å². The van der Waals surface area contributed by atoms with E-state index in [0.29, 0.717) is 6.61 Å². The predicted molar refractivity (Wildman–Crippen MR) is 115 cm³/mol. The van der Waals surface area contributed by atoms with Gasteiger partial charge in [-0.2, -0.15) is 0 Å². The maximum atomic E-state index is 6.28. The van der Waals surface area contributed by atoms with Crippen molar-refractivity contribution in [3.63, 3.8) is 0 Å². The molecule has 0 heterocycles. The summed E-state index contributed by atoms with van der Waals surface area (Å²) in [5.74, 6) is 2.52. The molecule has 0 atom stereocenters. The van der Waals surface area contributed by atoms with Gasteiger partial charge in [-0.05, 0) is 36.7 Å². The van der Waals surface area contributed by atoms with Gasteiger partial charge in [0.05, 0.1) is 18.6 Å². The maximum absolute atomic E-state index is 6.28. The highest BCUT2D eigenvalue weighted by molar-refractivity contribution is 9.10. The van der Waals surface area contributed by atoms with Crippen molar-refractivity contribution >= 4 is 36.0 Å². The molecule has 1 aromatic rings. The van der Waals surface area contributed by atoms with Crippen molar-refractivity contribution in [1.82, 2.24) is 0 Å². The molecule has 0 unspecified atom stereocenters. The molecule has 0 aliphatic rings. The number of thioether (sulfide) groups is 1. The first-order valence-corrected chi connectivity index (χ1v) is 13.6. The summed E-state index contributed by atoms with van der Waals surface area (Å²) in [7, 11) is -0.00584. The van der Waals surface area contributed by atoms with Crippen LogP contribution in [0, 0.1) is 0 Å². The summed E-state index contributed by atoms with van der Waals surface area (Å²) >= 11 is 5.33. The van der Waals surface area contributed by atoms with E-state index in [4.69, 9.17) is 13.9 Å². The topological polar surface area (TPSA) is 27.7 Å². The normalized spacial score (nSPS) is 12.3. The third-order valence-corrected chi connectivity index (χ3v) is 10.5. The second-order valence-electron chi connectivity index (χ2n) is 7.59. The molecule has 0 aliphatic heterocycles. The second kappa shape index (κ2) is 10.2. The first-order chi connectivity index (χ1) is 11.6. The number of ether oxygens (including phenoxy) is 2. The van der Waals surface area contributed by atoms with Crippen molar-refractivity contribution in [3.8, 4) is 11.5 Å². The molecule has 6 heteroatoms. The highest BCUT2D eigenvalue weighted by atomic mass is 79.9. The third kappa shape index (κ3) is 7.16. The summed E-state index contributed by atoms with van der Waals surface area (Å²) in [4.78, 5) is 1.10. The number of benzene rings is 1. The fraction of sp³-hybridized carbons (Fsp3) is 0.684. The molecule has 0 fully saturated rings. The Hall–Kier alpha value is -0.173. The van der Waals surface area contributed by atoms with Crippen LogP contribution in [0.4, 0.5) is 0 Å². The van der Waals surface area contributed by atoms with Gasteiger partial charge in [-0.25, -0.2) is 0 Å². The van der Waals surface area contributed by atoms with Gasteiger partial charge in [0, 0.05) is 16.8 Å². The molecule has 3 nitrogen and oxygen atoms in total. The third-order valence-electron chi connectivity index (χ3n) is 4.56. The Kier molecular flexibility index (Phi) is 9.36. The van der Waals surface area contributed by atoms with Crippen LogP contribution in [0.2, 0.25) is 18.1 Å². The molecule has 1 rings (SSSR count). The zero-order valence-electron chi connectivity index (χ0n) is 16.7. The van der Waals surface area contributed by atoms with E-state index < -0.39 is 8.32 Å². The summed E-state index contributed by atoms with van der Waals surface area (Å²) in [5, 5.41) is 0.241. The highest BCUT2D eigenvalue weighted by Crippen LogP contribution is 2.41. The van der Waals surface area contributed by atoms with E-state index in [9.17, 15) is 0 Å². The lowest BCUT2D eigenvalue weighted by atomic mass is 10.2. The zero-order valence-corrected chi connectivity index (χ0v) is 20.1. The van der Waals surface area contributed by atoms with Gasteiger partial charge in [0.25, 0.3) is 0 Å². The lowest BCUT2D eigenvalue weighted by Crippen LogP contribution is -2.41. The summed E-state index contributed by atoms with van der Waals surface area (Å²) in [6.45, 7) is 15.0. The van der Waals surface area contributed by atoms with Gasteiger partial charge in [-0.15, -0.1) is 11.8 Å². The van der Waals surface area contributed by atoms with E-state index >= 15 is 0 Å². The van der Waals surface area contributed by atoms with Crippen LogP contribution in [0.1, 0.15) is 40.5 Å². The first kappa shape index (κ1) is 22.9. The van der Waals surface area contributed by atoms with Crippen LogP contribution in [0.15, 0.2) is 21.5 Å². The molecule has 0 saturated heterocycles. The molecular formula is C19H33BrO3SSi. The lowest BCUT2D eigenvalue weighted by molar-refractivity contribution is 0.281. The van der Waals surface area contributed by atoms with Gasteiger partial charge in [0.15, 0.2) is 19.8 Å². The monoisotopic (exact) mass is 448 g/mol. The Labute approximate surface area is 167 Å². The van der Waals surface area contributed by atoms with Crippen LogP contribution >= 0.6 is 27.7 Å². The average Bonchev–Trinajstić information content (AvgIpc) is 2.51. The van der Waals surface area contributed by atoms with E-state index in [1.165, 1.54) is 0 Å². The Bertz CT molecular complexity index is 544. The van der Waals surface area contributed by atoms with Crippen molar-refractivity contribution in [2.75, 3.05) is 26.1 Å². The van der Waals surface area contributed by atoms with E-state index in [2.05, 4.69) is 62.8 Å². The molecule has 0 bridgehead atoms. The van der Waals surface area contributed by atoms with Crippen molar-refractivity contribution in [2.24, 2.45) is 0 Å². The number of unbranched alkanes of at least 4 members (excludes halogenated alkanes) is 1. The van der Waals surface area contributed by atoms with Crippen LogP contribution in [-0.2, 0) is 4.43 Å². The smallest absolute Gasteiger partial charge is 0.192 e. The van der Waals surface area contributed by atoms with Gasteiger partial charge in [0.1, 0.15) is 0 Å².